The van der Waals surface area contributed by atoms with Crippen LogP contribution in [0.5, 0.6) is 0 Å². The van der Waals surface area contributed by atoms with Crippen LogP contribution in [0.1, 0.15) is 35.8 Å². The summed E-state index contributed by atoms with van der Waals surface area (Å²) >= 11 is 0. The van der Waals surface area contributed by atoms with Gasteiger partial charge in [0.25, 0.3) is 0 Å². The molecule has 0 amide bonds. The van der Waals surface area contributed by atoms with Crippen molar-refractivity contribution in [3.05, 3.63) is 71.5 Å². The number of hydrogen-bond acceptors (Lipinski definition) is 5. The molecule has 0 spiro atoms. The van der Waals surface area contributed by atoms with Crippen LogP contribution in [0.3, 0.4) is 0 Å². The van der Waals surface area contributed by atoms with E-state index in [-0.39, 0.29) is 6.10 Å². The maximum absolute atomic E-state index is 6.04. The van der Waals surface area contributed by atoms with E-state index in [0.717, 1.165) is 50.3 Å². The van der Waals surface area contributed by atoms with Crippen molar-refractivity contribution in [1.82, 2.24) is 15.0 Å². The lowest BCUT2D eigenvalue weighted by Gasteiger charge is -2.20. The molecule has 1 fully saturated rings. The van der Waals surface area contributed by atoms with E-state index < -0.39 is 0 Å². The van der Waals surface area contributed by atoms with Crippen LogP contribution >= 0.6 is 0 Å². The second kappa shape index (κ2) is 7.68. The number of pyridine rings is 1. The normalized spacial score (nSPS) is 20.9. The van der Waals surface area contributed by atoms with Gasteiger partial charge >= 0.3 is 0 Å². The molecule has 2 atom stereocenters. The molecule has 0 radical (unpaired) electrons. The number of benzene rings is 1. The Labute approximate surface area is 165 Å². The van der Waals surface area contributed by atoms with Crippen molar-refractivity contribution in [3.8, 4) is 11.5 Å². The summed E-state index contributed by atoms with van der Waals surface area (Å²) < 4.78 is 6.04. The molecule has 1 aromatic carbocycles. The molecule has 1 aliphatic carbocycles. The minimum Gasteiger partial charge on any atom is -0.373 e. The molecule has 5 heteroatoms. The monoisotopic (exact) mass is 372 g/mol. The highest BCUT2D eigenvalue weighted by Crippen LogP contribution is 2.35. The summed E-state index contributed by atoms with van der Waals surface area (Å²) in [6.45, 7) is 1.66. The zero-order chi connectivity index (χ0) is 18.8. The topological polar surface area (TPSA) is 59.9 Å². The first-order chi connectivity index (χ1) is 13.9. The van der Waals surface area contributed by atoms with Crippen LogP contribution in [0.15, 0.2) is 54.7 Å². The van der Waals surface area contributed by atoms with E-state index in [1.165, 1.54) is 16.8 Å². The molecule has 0 bridgehead atoms. The molecule has 2 aromatic heterocycles. The molecule has 0 saturated carbocycles. The largest absolute Gasteiger partial charge is 0.373 e. The van der Waals surface area contributed by atoms with Crippen molar-refractivity contribution in [2.24, 2.45) is 5.92 Å². The Morgan fingerprint density at radius 1 is 1.00 bits per heavy atom. The average molecular weight is 372 g/mol. The average Bonchev–Trinajstić information content (AvgIpc) is 3.42. The Bertz CT molecular complexity index is 946. The van der Waals surface area contributed by atoms with E-state index in [1.807, 2.05) is 18.2 Å². The van der Waals surface area contributed by atoms with Crippen molar-refractivity contribution in [3.63, 3.8) is 0 Å². The van der Waals surface area contributed by atoms with Crippen LogP contribution < -0.4 is 5.32 Å². The molecule has 28 heavy (non-hydrogen) atoms. The Hall–Kier alpha value is -2.79. The number of nitrogens with one attached hydrogen (secondary N) is 1. The van der Waals surface area contributed by atoms with Gasteiger partial charge in [0.2, 0.25) is 0 Å². The predicted molar refractivity (Wildman–Crippen MR) is 109 cm³/mol. The van der Waals surface area contributed by atoms with Crippen molar-refractivity contribution in [2.45, 2.75) is 31.8 Å². The molecule has 142 valence electrons. The molecule has 2 unspecified atom stereocenters. The summed E-state index contributed by atoms with van der Waals surface area (Å²) in [4.78, 5) is 14.1. The van der Waals surface area contributed by atoms with E-state index in [4.69, 9.17) is 14.7 Å². The standard InChI is InChI=1S/C23H24N4O/c1-2-7-16(8-3-1)21-17(12-14-28-21)15-25-22-18-9-6-11-19(18)26-23(27-22)20-10-4-5-13-24-20/h1-5,7-8,10,13,17,21H,6,9,11-12,14-15H2,(H,25,26,27). The highest BCUT2D eigenvalue weighted by atomic mass is 16.5. The third kappa shape index (κ3) is 3.38. The zero-order valence-electron chi connectivity index (χ0n) is 15.8. The van der Waals surface area contributed by atoms with E-state index in [2.05, 4.69) is 40.6 Å². The van der Waals surface area contributed by atoms with Crippen LogP contribution in [-0.2, 0) is 17.6 Å². The Kier molecular flexibility index (Phi) is 4.75. The van der Waals surface area contributed by atoms with Crippen LogP contribution in [0.25, 0.3) is 11.5 Å². The summed E-state index contributed by atoms with van der Waals surface area (Å²) in [6.07, 6.45) is 6.21. The quantitative estimate of drug-likeness (QED) is 0.727. The van der Waals surface area contributed by atoms with Gasteiger partial charge < -0.3 is 10.1 Å². The summed E-state index contributed by atoms with van der Waals surface area (Å²) in [5.74, 6) is 2.13. The summed E-state index contributed by atoms with van der Waals surface area (Å²) in [5, 5.41) is 3.64. The lowest BCUT2D eigenvalue weighted by molar-refractivity contribution is 0.0933. The van der Waals surface area contributed by atoms with E-state index in [9.17, 15) is 0 Å². The van der Waals surface area contributed by atoms with Gasteiger partial charge in [0.05, 0.1) is 6.10 Å². The van der Waals surface area contributed by atoms with Gasteiger partial charge in [-0.2, -0.15) is 0 Å². The fourth-order valence-corrected chi connectivity index (χ4v) is 4.27. The summed E-state index contributed by atoms with van der Waals surface area (Å²) in [6, 6.07) is 16.4. The minimum absolute atomic E-state index is 0.152. The van der Waals surface area contributed by atoms with E-state index in [1.54, 1.807) is 6.20 Å². The van der Waals surface area contributed by atoms with Gasteiger partial charge in [0.1, 0.15) is 11.5 Å². The maximum Gasteiger partial charge on any atom is 0.180 e. The Morgan fingerprint density at radius 3 is 2.75 bits per heavy atom. The number of ether oxygens (including phenoxy) is 1. The molecule has 5 nitrogen and oxygen atoms in total. The number of fused-ring (bicyclic) bond motifs is 1. The van der Waals surface area contributed by atoms with Gasteiger partial charge in [0.15, 0.2) is 5.82 Å². The molecule has 3 heterocycles. The molecule has 5 rings (SSSR count). The first-order valence-corrected chi connectivity index (χ1v) is 10.1. The zero-order valence-corrected chi connectivity index (χ0v) is 15.8. The molecule has 1 saturated heterocycles. The number of hydrogen-bond donors (Lipinski definition) is 1. The lowest BCUT2D eigenvalue weighted by Crippen LogP contribution is -2.19. The maximum atomic E-state index is 6.04. The van der Waals surface area contributed by atoms with Crippen LogP contribution in [0.2, 0.25) is 0 Å². The van der Waals surface area contributed by atoms with E-state index in [0.29, 0.717) is 11.7 Å². The summed E-state index contributed by atoms with van der Waals surface area (Å²) in [7, 11) is 0. The molecule has 3 aromatic rings. The van der Waals surface area contributed by atoms with Crippen molar-refractivity contribution in [2.75, 3.05) is 18.5 Å². The lowest BCUT2D eigenvalue weighted by atomic mass is 9.95. The third-order valence-electron chi connectivity index (χ3n) is 5.70. The first-order valence-electron chi connectivity index (χ1n) is 10.1. The van der Waals surface area contributed by atoms with Gasteiger partial charge in [-0.15, -0.1) is 0 Å². The van der Waals surface area contributed by atoms with Crippen molar-refractivity contribution >= 4 is 5.82 Å². The third-order valence-corrected chi connectivity index (χ3v) is 5.70. The highest BCUT2D eigenvalue weighted by Gasteiger charge is 2.30. The number of nitrogens with zero attached hydrogens (tertiary/aromatic N) is 3. The van der Waals surface area contributed by atoms with Crippen LogP contribution in [0.4, 0.5) is 5.82 Å². The molecular formula is C23H24N4O. The molecule has 1 N–H and O–H groups in total. The Balaban J connectivity index is 1.39. The van der Waals surface area contributed by atoms with Crippen molar-refractivity contribution < 1.29 is 4.74 Å². The van der Waals surface area contributed by atoms with Gasteiger partial charge in [0, 0.05) is 36.5 Å². The van der Waals surface area contributed by atoms with E-state index >= 15 is 0 Å². The number of rotatable bonds is 5. The SMILES string of the molecule is c1ccc(C2OCCC2CNc2nc(-c3ccccn3)nc3c2CCC3)cc1. The minimum atomic E-state index is 0.152. The molecular weight excluding hydrogens is 348 g/mol. The van der Waals surface area contributed by atoms with Crippen LogP contribution in [0, 0.1) is 5.92 Å². The Morgan fingerprint density at radius 2 is 1.89 bits per heavy atom. The van der Waals surface area contributed by atoms with Crippen molar-refractivity contribution in [1.29, 1.82) is 0 Å². The number of anilines is 1. The fraction of sp³-hybridized carbons (Fsp3) is 0.348. The predicted octanol–water partition coefficient (Wildman–Crippen LogP) is 4.22. The second-order valence-electron chi connectivity index (χ2n) is 7.52. The summed E-state index contributed by atoms with van der Waals surface area (Å²) in [5.41, 5.74) is 4.52. The number of aromatic nitrogens is 3. The number of aryl methyl sites for hydroxylation is 1. The second-order valence-corrected chi connectivity index (χ2v) is 7.52. The fourth-order valence-electron chi connectivity index (χ4n) is 4.27. The van der Waals surface area contributed by atoms with Crippen LogP contribution in [-0.4, -0.2) is 28.1 Å². The van der Waals surface area contributed by atoms with Gasteiger partial charge in [-0.1, -0.05) is 36.4 Å². The first kappa shape index (κ1) is 17.3. The van der Waals surface area contributed by atoms with Gasteiger partial charge in [-0.05, 0) is 43.4 Å². The smallest absolute Gasteiger partial charge is 0.180 e. The van der Waals surface area contributed by atoms with Gasteiger partial charge in [-0.25, -0.2) is 9.97 Å². The molecule has 1 aliphatic heterocycles. The van der Waals surface area contributed by atoms with Gasteiger partial charge in [-0.3, -0.25) is 4.98 Å². The molecule has 2 aliphatic rings. The highest BCUT2D eigenvalue weighted by molar-refractivity contribution is 5.57.